The van der Waals surface area contributed by atoms with Crippen molar-refractivity contribution in [1.82, 2.24) is 4.90 Å². The van der Waals surface area contributed by atoms with Gasteiger partial charge in [-0.2, -0.15) is 0 Å². The van der Waals surface area contributed by atoms with Gasteiger partial charge in [-0.1, -0.05) is 11.6 Å². The maximum atomic E-state index is 10.9. The molecule has 4 N–H and O–H groups in total. The van der Waals surface area contributed by atoms with Crippen LogP contribution in [0.3, 0.4) is 0 Å². The Morgan fingerprint density at radius 3 is 2.63 bits per heavy atom. The van der Waals surface area contributed by atoms with Crippen molar-refractivity contribution in [2.45, 2.75) is 25.3 Å². The van der Waals surface area contributed by atoms with Gasteiger partial charge in [-0.15, -0.1) is 11.3 Å². The van der Waals surface area contributed by atoms with Gasteiger partial charge in [0.15, 0.2) is 0 Å². The van der Waals surface area contributed by atoms with E-state index in [1.165, 1.54) is 4.88 Å². The molecule has 1 saturated heterocycles. The Morgan fingerprint density at radius 2 is 2.16 bits per heavy atom. The summed E-state index contributed by atoms with van der Waals surface area (Å²) < 4.78 is 0.803. The highest BCUT2D eigenvalue weighted by Gasteiger charge is 2.26. The van der Waals surface area contributed by atoms with Crippen LogP contribution in [0.4, 0.5) is 0 Å². The summed E-state index contributed by atoms with van der Waals surface area (Å²) in [6, 6.07) is 4.22. The average molecular weight is 302 g/mol. The normalized spacial score (nSPS) is 19.5. The molecule has 1 aromatic rings. The minimum Gasteiger partial charge on any atom is -0.370 e. The number of hydrogen-bond donors (Lipinski definition) is 2. The molecular weight excluding hydrogens is 282 g/mol. The van der Waals surface area contributed by atoms with E-state index < -0.39 is 0 Å². The van der Waals surface area contributed by atoms with E-state index >= 15 is 0 Å². The second-order valence-electron chi connectivity index (χ2n) is 5.04. The molecule has 4 nitrogen and oxygen atoms in total. The molecule has 1 amide bonds. The lowest BCUT2D eigenvalue weighted by Gasteiger charge is -2.36. The van der Waals surface area contributed by atoms with E-state index in [9.17, 15) is 4.79 Å². The molecule has 0 radical (unpaired) electrons. The molecule has 2 heterocycles. The van der Waals surface area contributed by atoms with Crippen molar-refractivity contribution in [3.63, 3.8) is 0 Å². The molecule has 6 heteroatoms. The highest BCUT2D eigenvalue weighted by molar-refractivity contribution is 7.16. The Morgan fingerprint density at radius 1 is 1.47 bits per heavy atom. The van der Waals surface area contributed by atoms with Crippen molar-refractivity contribution in [2.24, 2.45) is 17.4 Å². The number of likely N-dealkylation sites (tertiary alicyclic amines) is 1. The molecule has 0 saturated carbocycles. The smallest absolute Gasteiger partial charge is 0.217 e. The maximum Gasteiger partial charge on any atom is 0.217 e. The molecular formula is C13H20ClN3OS. The molecule has 0 bridgehead atoms. The lowest BCUT2D eigenvalue weighted by atomic mass is 9.92. The van der Waals surface area contributed by atoms with Gasteiger partial charge in [0.2, 0.25) is 5.91 Å². The molecule has 1 aliphatic rings. The number of carbonyl (C=O) groups excluding carboxylic acids is 1. The van der Waals surface area contributed by atoms with Crippen molar-refractivity contribution in [3.05, 3.63) is 21.3 Å². The van der Waals surface area contributed by atoms with Crippen LogP contribution < -0.4 is 11.5 Å². The minimum absolute atomic E-state index is 0.195. The first-order chi connectivity index (χ1) is 9.10. The van der Waals surface area contributed by atoms with Crippen molar-refractivity contribution < 1.29 is 4.79 Å². The molecule has 0 aliphatic carbocycles. The Balaban J connectivity index is 1.93. The van der Waals surface area contributed by atoms with Gasteiger partial charge in [-0.25, -0.2) is 0 Å². The minimum atomic E-state index is -0.195. The van der Waals surface area contributed by atoms with Crippen LogP contribution in [0, 0.1) is 5.92 Å². The van der Waals surface area contributed by atoms with Gasteiger partial charge >= 0.3 is 0 Å². The van der Waals surface area contributed by atoms with Gasteiger partial charge in [-0.3, -0.25) is 9.69 Å². The summed E-state index contributed by atoms with van der Waals surface area (Å²) in [6.07, 6.45) is 2.53. The van der Waals surface area contributed by atoms with E-state index in [0.717, 1.165) is 30.3 Å². The lowest BCUT2D eigenvalue weighted by Crippen LogP contribution is -2.40. The fraction of sp³-hybridized carbons (Fsp3) is 0.615. The van der Waals surface area contributed by atoms with E-state index in [4.69, 9.17) is 23.1 Å². The van der Waals surface area contributed by atoms with Gasteiger partial charge in [0.1, 0.15) is 0 Å². The van der Waals surface area contributed by atoms with Gasteiger partial charge in [0, 0.05) is 17.8 Å². The monoisotopic (exact) mass is 301 g/mol. The number of halogens is 1. The maximum absolute atomic E-state index is 10.9. The largest absolute Gasteiger partial charge is 0.370 e. The first-order valence-electron chi connectivity index (χ1n) is 6.57. The van der Waals surface area contributed by atoms with E-state index in [1.54, 1.807) is 11.3 Å². The van der Waals surface area contributed by atoms with Gasteiger partial charge < -0.3 is 11.5 Å². The van der Waals surface area contributed by atoms with Crippen LogP contribution in [0.5, 0.6) is 0 Å². The molecule has 2 rings (SSSR count). The van der Waals surface area contributed by atoms with Crippen LogP contribution in [0.15, 0.2) is 12.1 Å². The van der Waals surface area contributed by atoms with E-state index in [0.29, 0.717) is 18.9 Å². The molecule has 1 fully saturated rings. The number of nitrogens with two attached hydrogens (primary N) is 2. The quantitative estimate of drug-likeness (QED) is 0.873. The third-order valence-electron chi connectivity index (χ3n) is 3.73. The van der Waals surface area contributed by atoms with Crippen LogP contribution in [0.1, 0.15) is 30.2 Å². The number of primary amides is 1. The van der Waals surface area contributed by atoms with Gasteiger partial charge in [0.25, 0.3) is 0 Å². The van der Waals surface area contributed by atoms with E-state index in [1.807, 2.05) is 6.07 Å². The predicted octanol–water partition coefficient (Wildman–Crippen LogP) is 1.99. The number of piperidine rings is 1. The van der Waals surface area contributed by atoms with Crippen LogP contribution >= 0.6 is 22.9 Å². The SMILES string of the molecule is NCC(c1ccc(Cl)s1)N1CCC(CC(N)=O)CC1. The zero-order valence-corrected chi connectivity index (χ0v) is 12.4. The molecule has 1 aromatic heterocycles. The first-order valence-corrected chi connectivity index (χ1v) is 7.77. The van der Waals surface area contributed by atoms with Crippen molar-refractivity contribution in [3.8, 4) is 0 Å². The summed E-state index contributed by atoms with van der Waals surface area (Å²) in [4.78, 5) is 14.6. The highest BCUT2D eigenvalue weighted by atomic mass is 35.5. The number of carbonyl (C=O) groups is 1. The van der Waals surface area contributed by atoms with Crippen molar-refractivity contribution in [1.29, 1.82) is 0 Å². The Kier molecular flexibility index (Phi) is 5.21. The number of hydrogen-bond acceptors (Lipinski definition) is 4. The summed E-state index contributed by atoms with van der Waals surface area (Å²) in [5, 5.41) is 0. The molecule has 0 aromatic carbocycles. The molecule has 1 unspecified atom stereocenters. The van der Waals surface area contributed by atoms with Gasteiger partial charge in [0.05, 0.1) is 10.4 Å². The fourth-order valence-electron chi connectivity index (χ4n) is 2.71. The second-order valence-corrected chi connectivity index (χ2v) is 6.79. The first kappa shape index (κ1) is 14.8. The van der Waals surface area contributed by atoms with Crippen LogP contribution in [-0.4, -0.2) is 30.4 Å². The number of nitrogens with zero attached hydrogens (tertiary/aromatic N) is 1. The standard InChI is InChI=1S/C13H20ClN3OS/c14-12-2-1-11(19-12)10(8-15)17-5-3-9(4-6-17)7-13(16)18/h1-2,9-10H,3-8,15H2,(H2,16,18). The number of amides is 1. The van der Waals surface area contributed by atoms with Crippen LogP contribution in [0.2, 0.25) is 4.34 Å². The zero-order chi connectivity index (χ0) is 13.8. The molecule has 19 heavy (non-hydrogen) atoms. The summed E-state index contributed by atoms with van der Waals surface area (Å²) >= 11 is 7.58. The lowest BCUT2D eigenvalue weighted by molar-refractivity contribution is -0.119. The van der Waals surface area contributed by atoms with E-state index in [2.05, 4.69) is 11.0 Å². The van der Waals surface area contributed by atoms with E-state index in [-0.39, 0.29) is 11.9 Å². The average Bonchev–Trinajstić information content (AvgIpc) is 2.78. The second kappa shape index (κ2) is 6.70. The highest BCUT2D eigenvalue weighted by Crippen LogP contribution is 2.32. The Hall–Kier alpha value is -0.620. The van der Waals surface area contributed by atoms with Gasteiger partial charge in [-0.05, 0) is 44.0 Å². The summed E-state index contributed by atoms with van der Waals surface area (Å²) in [5.41, 5.74) is 11.2. The third kappa shape index (κ3) is 3.92. The summed E-state index contributed by atoms with van der Waals surface area (Å²) in [6.45, 7) is 2.53. The predicted molar refractivity (Wildman–Crippen MR) is 79.2 cm³/mol. The zero-order valence-electron chi connectivity index (χ0n) is 10.8. The molecule has 1 atom stereocenters. The topological polar surface area (TPSA) is 72.3 Å². The summed E-state index contributed by atoms with van der Waals surface area (Å²) in [7, 11) is 0. The Labute approximate surface area is 122 Å². The molecule has 0 spiro atoms. The number of thiophene rings is 1. The molecule has 106 valence electrons. The van der Waals surface area contributed by atoms with Crippen LogP contribution in [-0.2, 0) is 4.79 Å². The Bertz CT molecular complexity index is 429. The van der Waals surface area contributed by atoms with Crippen molar-refractivity contribution in [2.75, 3.05) is 19.6 Å². The molecule has 1 aliphatic heterocycles. The fourth-order valence-corrected chi connectivity index (χ4v) is 3.91. The van der Waals surface area contributed by atoms with Crippen molar-refractivity contribution >= 4 is 28.8 Å². The number of rotatable bonds is 5. The third-order valence-corrected chi connectivity index (χ3v) is 5.06. The summed E-state index contributed by atoms with van der Waals surface area (Å²) in [5.74, 6) is 0.234. The van der Waals surface area contributed by atoms with Crippen LogP contribution in [0.25, 0.3) is 0 Å².